The maximum Gasteiger partial charge on any atom is 0.349 e. The Morgan fingerprint density at radius 2 is 1.79 bits per heavy atom. The molecule has 34 heavy (non-hydrogen) atoms. The highest BCUT2D eigenvalue weighted by Crippen LogP contribution is 2.26. The maximum absolute atomic E-state index is 12.5. The number of fused-ring (bicyclic) bond motifs is 1. The Morgan fingerprint density at radius 3 is 2.53 bits per heavy atom. The van der Waals surface area contributed by atoms with Gasteiger partial charge in [0.1, 0.15) is 21.9 Å². The maximum atomic E-state index is 12.5. The Balaban J connectivity index is 1.53. The van der Waals surface area contributed by atoms with Crippen LogP contribution < -0.4 is 15.7 Å². The third-order valence-corrected chi connectivity index (χ3v) is 5.16. The van der Waals surface area contributed by atoms with Gasteiger partial charge in [-0.3, -0.25) is 14.9 Å². The predicted octanol–water partition coefficient (Wildman–Crippen LogP) is 4.50. The van der Waals surface area contributed by atoms with E-state index in [1.54, 1.807) is 0 Å². The summed E-state index contributed by atoms with van der Waals surface area (Å²) in [7, 11) is 0. The van der Waals surface area contributed by atoms with Crippen molar-refractivity contribution in [3.8, 4) is 5.75 Å². The standard InChI is InChI=1S/C24H15ClN2O7/c25-19-9-7-16(11-20(19)27(31)32)23(29)33-17-8-6-15-10-18(24(30)34-21(15)12-17)22(28)26-13-14-4-2-1-3-5-14/h1-12H,13H2,(H,26,28). The van der Waals surface area contributed by atoms with Crippen LogP contribution in [0, 0.1) is 10.1 Å². The van der Waals surface area contributed by atoms with Gasteiger partial charge in [0.15, 0.2) is 0 Å². The second kappa shape index (κ2) is 9.55. The zero-order valence-electron chi connectivity index (χ0n) is 17.3. The largest absolute Gasteiger partial charge is 0.423 e. The van der Waals surface area contributed by atoms with Gasteiger partial charge in [-0.15, -0.1) is 0 Å². The number of esters is 1. The van der Waals surface area contributed by atoms with Crippen LogP contribution in [0.25, 0.3) is 11.0 Å². The van der Waals surface area contributed by atoms with Gasteiger partial charge in [0.25, 0.3) is 11.6 Å². The molecule has 0 aliphatic carbocycles. The fourth-order valence-electron chi connectivity index (χ4n) is 3.13. The summed E-state index contributed by atoms with van der Waals surface area (Å²) in [6.45, 7) is 0.245. The first kappa shape index (κ1) is 22.7. The molecule has 0 saturated carbocycles. The number of ether oxygens (including phenoxy) is 1. The lowest BCUT2D eigenvalue weighted by molar-refractivity contribution is -0.384. The van der Waals surface area contributed by atoms with Crippen molar-refractivity contribution in [3.63, 3.8) is 0 Å². The first-order chi connectivity index (χ1) is 16.3. The number of carbonyl (C=O) groups is 2. The molecule has 0 aliphatic heterocycles. The van der Waals surface area contributed by atoms with Crippen molar-refractivity contribution >= 4 is 40.1 Å². The van der Waals surface area contributed by atoms with E-state index < -0.39 is 28.1 Å². The van der Waals surface area contributed by atoms with E-state index in [2.05, 4.69) is 5.32 Å². The first-order valence-electron chi connectivity index (χ1n) is 9.88. The monoisotopic (exact) mass is 478 g/mol. The lowest BCUT2D eigenvalue weighted by Crippen LogP contribution is -2.27. The van der Waals surface area contributed by atoms with Crippen LogP contribution in [-0.4, -0.2) is 16.8 Å². The van der Waals surface area contributed by atoms with Crippen molar-refractivity contribution in [1.29, 1.82) is 0 Å². The second-order valence-electron chi connectivity index (χ2n) is 7.13. The highest BCUT2D eigenvalue weighted by molar-refractivity contribution is 6.32. The molecule has 4 aromatic rings. The van der Waals surface area contributed by atoms with Crippen molar-refractivity contribution < 1.29 is 23.7 Å². The molecule has 3 aromatic carbocycles. The lowest BCUT2D eigenvalue weighted by Gasteiger charge is -2.07. The molecular weight excluding hydrogens is 464 g/mol. The van der Waals surface area contributed by atoms with Crippen molar-refractivity contribution in [2.75, 3.05) is 0 Å². The summed E-state index contributed by atoms with van der Waals surface area (Å²) in [5.41, 5.74) is -0.561. The minimum atomic E-state index is -0.863. The van der Waals surface area contributed by atoms with Gasteiger partial charge in [0.2, 0.25) is 0 Å². The third-order valence-electron chi connectivity index (χ3n) is 4.84. The quantitative estimate of drug-likeness (QED) is 0.142. The van der Waals surface area contributed by atoms with Gasteiger partial charge in [-0.25, -0.2) is 9.59 Å². The van der Waals surface area contributed by atoms with E-state index in [9.17, 15) is 24.5 Å². The number of halogens is 1. The normalized spacial score (nSPS) is 10.6. The van der Waals surface area contributed by atoms with E-state index >= 15 is 0 Å². The number of nitro benzene ring substituents is 1. The summed E-state index contributed by atoms with van der Waals surface area (Å²) >= 11 is 5.76. The molecule has 170 valence electrons. The molecule has 10 heteroatoms. The molecule has 1 amide bonds. The van der Waals surface area contributed by atoms with Crippen LogP contribution in [0.15, 0.2) is 82.0 Å². The average Bonchev–Trinajstić information content (AvgIpc) is 2.82. The zero-order valence-corrected chi connectivity index (χ0v) is 18.1. The van der Waals surface area contributed by atoms with Crippen molar-refractivity contribution in [1.82, 2.24) is 5.32 Å². The molecule has 1 heterocycles. The molecular formula is C24H15ClN2O7. The fourth-order valence-corrected chi connectivity index (χ4v) is 3.32. The summed E-state index contributed by atoms with van der Waals surface area (Å²) in [6.07, 6.45) is 0. The smallest absolute Gasteiger partial charge is 0.349 e. The van der Waals surface area contributed by atoms with Crippen LogP contribution in [0.2, 0.25) is 5.02 Å². The van der Waals surface area contributed by atoms with Gasteiger partial charge in [-0.2, -0.15) is 0 Å². The van der Waals surface area contributed by atoms with Gasteiger partial charge in [-0.1, -0.05) is 41.9 Å². The number of amides is 1. The Morgan fingerprint density at radius 1 is 1.03 bits per heavy atom. The topological polar surface area (TPSA) is 129 Å². The molecule has 0 bridgehead atoms. The number of nitrogens with one attached hydrogen (secondary N) is 1. The molecule has 1 aromatic heterocycles. The first-order valence-corrected chi connectivity index (χ1v) is 10.3. The number of benzene rings is 3. The van der Waals surface area contributed by atoms with Gasteiger partial charge >= 0.3 is 11.6 Å². The number of carbonyl (C=O) groups excluding carboxylic acids is 2. The minimum Gasteiger partial charge on any atom is -0.423 e. The van der Waals surface area contributed by atoms with E-state index in [4.69, 9.17) is 20.8 Å². The molecule has 0 fully saturated rings. The molecule has 0 radical (unpaired) electrons. The van der Waals surface area contributed by atoms with Crippen LogP contribution in [-0.2, 0) is 6.54 Å². The summed E-state index contributed by atoms with van der Waals surface area (Å²) in [5.74, 6) is -1.41. The van der Waals surface area contributed by atoms with E-state index in [0.717, 1.165) is 11.6 Å². The second-order valence-corrected chi connectivity index (χ2v) is 7.54. The van der Waals surface area contributed by atoms with Gasteiger partial charge in [-0.05, 0) is 35.9 Å². The fraction of sp³-hybridized carbons (Fsp3) is 0.0417. The zero-order chi connectivity index (χ0) is 24.2. The van der Waals surface area contributed by atoms with Crippen molar-refractivity contribution in [3.05, 3.63) is 115 Å². The minimum absolute atomic E-state index is 0.0412. The Bertz CT molecular complexity index is 1480. The Labute approximate surface area is 196 Å². The van der Waals surface area contributed by atoms with E-state index in [1.807, 2.05) is 30.3 Å². The van der Waals surface area contributed by atoms with Crippen LogP contribution in [0.5, 0.6) is 5.75 Å². The predicted molar refractivity (Wildman–Crippen MR) is 123 cm³/mol. The SMILES string of the molecule is O=C(Oc1ccc2cc(C(=O)NCc3ccccc3)c(=O)oc2c1)c1ccc(Cl)c([N+](=O)[O-])c1. The van der Waals surface area contributed by atoms with Gasteiger partial charge in [0, 0.05) is 24.1 Å². The lowest BCUT2D eigenvalue weighted by atomic mass is 10.1. The summed E-state index contributed by atoms with van der Waals surface area (Å²) < 4.78 is 10.5. The number of hydrogen-bond donors (Lipinski definition) is 1. The molecule has 1 N–H and O–H groups in total. The molecule has 0 atom stereocenters. The molecule has 0 spiro atoms. The number of hydrogen-bond acceptors (Lipinski definition) is 7. The van der Waals surface area contributed by atoms with Gasteiger partial charge in [0.05, 0.1) is 10.5 Å². The van der Waals surface area contributed by atoms with E-state index in [-0.39, 0.29) is 34.0 Å². The Hall–Kier alpha value is -4.50. The van der Waals surface area contributed by atoms with Crippen LogP contribution in [0.1, 0.15) is 26.3 Å². The molecule has 0 aliphatic rings. The highest BCUT2D eigenvalue weighted by Gasteiger charge is 2.19. The summed E-state index contributed by atoms with van der Waals surface area (Å²) in [4.78, 5) is 47.5. The van der Waals surface area contributed by atoms with Crippen LogP contribution in [0.4, 0.5) is 5.69 Å². The third kappa shape index (κ3) is 4.94. The van der Waals surface area contributed by atoms with Crippen molar-refractivity contribution in [2.45, 2.75) is 6.54 Å². The Kier molecular flexibility index (Phi) is 6.37. The van der Waals surface area contributed by atoms with Gasteiger partial charge < -0.3 is 14.5 Å². The van der Waals surface area contributed by atoms with E-state index in [1.165, 1.54) is 36.4 Å². The number of rotatable bonds is 6. The summed E-state index contributed by atoms with van der Waals surface area (Å²) in [6, 6.07) is 18.4. The average molecular weight is 479 g/mol. The van der Waals surface area contributed by atoms with Crippen LogP contribution >= 0.6 is 11.6 Å². The molecule has 9 nitrogen and oxygen atoms in total. The van der Waals surface area contributed by atoms with Crippen molar-refractivity contribution in [2.24, 2.45) is 0 Å². The molecule has 0 unspecified atom stereocenters. The number of nitrogens with zero attached hydrogens (tertiary/aromatic N) is 1. The number of nitro groups is 1. The molecule has 0 saturated heterocycles. The van der Waals surface area contributed by atoms with Crippen LogP contribution in [0.3, 0.4) is 0 Å². The molecule has 4 rings (SSSR count). The van der Waals surface area contributed by atoms with E-state index in [0.29, 0.717) is 5.39 Å². The highest BCUT2D eigenvalue weighted by atomic mass is 35.5. The summed E-state index contributed by atoms with van der Waals surface area (Å²) in [5, 5.41) is 14.0.